The Hall–Kier alpha value is -2.19. The fourth-order valence-corrected chi connectivity index (χ4v) is 3.93. The van der Waals surface area contributed by atoms with E-state index in [1.807, 2.05) is 0 Å². The van der Waals surface area contributed by atoms with Gasteiger partial charge in [0.15, 0.2) is 6.04 Å². The molecule has 2 aromatic rings. The van der Waals surface area contributed by atoms with E-state index in [2.05, 4.69) is 4.98 Å². The molecule has 0 spiro atoms. The molecule has 0 radical (unpaired) electrons. The average molecular weight is 434 g/mol. The number of carbonyl (C=O) groups is 1. The van der Waals surface area contributed by atoms with E-state index in [9.17, 15) is 39.6 Å². The highest BCUT2D eigenvalue weighted by Gasteiger charge is 2.42. The van der Waals surface area contributed by atoms with Crippen molar-refractivity contribution in [1.82, 2.24) is 9.71 Å². The summed E-state index contributed by atoms with van der Waals surface area (Å²) in [5.41, 5.74) is -2.91. The second kappa shape index (κ2) is 7.09. The highest BCUT2D eigenvalue weighted by atomic mass is 32.2. The van der Waals surface area contributed by atoms with Gasteiger partial charge in [-0.3, -0.25) is 4.79 Å². The zero-order valence-electron chi connectivity index (χ0n) is 12.7. The van der Waals surface area contributed by atoms with Crippen molar-refractivity contribution in [2.45, 2.75) is 23.3 Å². The molecule has 0 saturated carbocycles. The lowest BCUT2D eigenvalue weighted by atomic mass is 10.1. The highest BCUT2D eigenvalue weighted by molar-refractivity contribution is 7.89. The summed E-state index contributed by atoms with van der Waals surface area (Å²) in [4.78, 5) is 13.3. The topological polar surface area (TPSA) is 96.4 Å². The summed E-state index contributed by atoms with van der Waals surface area (Å²) >= 11 is 0.905. The zero-order chi connectivity index (χ0) is 20.6. The Bertz CT molecular complexity index is 939. The molecule has 1 unspecified atom stereocenters. The maximum atomic E-state index is 13.1. The Balaban J connectivity index is 2.56. The van der Waals surface area contributed by atoms with Gasteiger partial charge >= 0.3 is 18.3 Å². The summed E-state index contributed by atoms with van der Waals surface area (Å²) < 4.78 is 103. The lowest BCUT2D eigenvalue weighted by Crippen LogP contribution is -2.35. The number of nitrogens with zero attached hydrogens (tertiary/aromatic N) is 1. The second-order valence-electron chi connectivity index (χ2n) is 5.01. The van der Waals surface area contributed by atoms with Crippen molar-refractivity contribution >= 4 is 27.3 Å². The molecule has 0 amide bonds. The van der Waals surface area contributed by atoms with Crippen LogP contribution in [0, 0.1) is 0 Å². The van der Waals surface area contributed by atoms with Crippen LogP contribution in [0.1, 0.15) is 22.9 Å². The number of alkyl halides is 6. The van der Waals surface area contributed by atoms with E-state index in [0.717, 1.165) is 16.7 Å². The maximum Gasteiger partial charge on any atom is 0.417 e. The third-order valence-corrected chi connectivity index (χ3v) is 5.25. The average Bonchev–Trinajstić information content (AvgIpc) is 3.04. The quantitative estimate of drug-likeness (QED) is 0.705. The summed E-state index contributed by atoms with van der Waals surface area (Å²) in [5, 5.41) is 10.3. The van der Waals surface area contributed by atoms with Crippen LogP contribution in [0.5, 0.6) is 0 Å². The number of halogens is 6. The smallest absolute Gasteiger partial charge is 0.417 e. The fourth-order valence-electron chi connectivity index (χ4n) is 1.98. The number of rotatable bonds is 5. The molecule has 0 fully saturated rings. The highest BCUT2D eigenvalue weighted by Crippen LogP contribution is 2.39. The molecule has 148 valence electrons. The summed E-state index contributed by atoms with van der Waals surface area (Å²) in [6, 6.07) is -2.10. The van der Waals surface area contributed by atoms with Gasteiger partial charge < -0.3 is 5.11 Å². The molecule has 2 rings (SSSR count). The van der Waals surface area contributed by atoms with Crippen LogP contribution in [0.15, 0.2) is 34.0 Å². The minimum absolute atomic E-state index is 0.119. The summed E-state index contributed by atoms with van der Waals surface area (Å²) in [6.07, 6.45) is -10.6. The normalized spacial score (nSPS) is 14.1. The Kier molecular flexibility index (Phi) is 5.54. The van der Waals surface area contributed by atoms with Gasteiger partial charge in [-0.05, 0) is 18.2 Å². The first-order valence-electron chi connectivity index (χ1n) is 6.65. The van der Waals surface area contributed by atoms with E-state index in [1.165, 1.54) is 10.2 Å². The SMILES string of the molecule is O=C(O)C(NS(=O)(=O)c1ccc(C(F)(F)F)cc1C(F)(F)F)c1cscn1. The summed E-state index contributed by atoms with van der Waals surface area (Å²) in [7, 11) is -5.16. The third kappa shape index (κ3) is 4.75. The standard InChI is InChI=1S/C13H8F6N2O4S2/c14-12(15,16)6-1-2-9(7(3-6)13(17,18)19)27(24,25)21-10(11(22)23)8-4-26-5-20-8/h1-5,10,21H,(H,22,23). The lowest BCUT2D eigenvalue weighted by molar-refractivity contribution is -0.144. The van der Waals surface area contributed by atoms with Gasteiger partial charge in [0.1, 0.15) is 0 Å². The minimum Gasteiger partial charge on any atom is -0.480 e. The number of aliphatic carboxylic acids is 1. The molecular weight excluding hydrogens is 426 g/mol. The first-order valence-corrected chi connectivity index (χ1v) is 9.08. The van der Waals surface area contributed by atoms with Crippen LogP contribution in [0.3, 0.4) is 0 Å². The van der Waals surface area contributed by atoms with E-state index in [-0.39, 0.29) is 23.9 Å². The van der Waals surface area contributed by atoms with Crippen molar-refractivity contribution in [2.75, 3.05) is 0 Å². The summed E-state index contributed by atoms with van der Waals surface area (Å²) in [6.45, 7) is 0. The van der Waals surface area contributed by atoms with E-state index >= 15 is 0 Å². The van der Waals surface area contributed by atoms with Crippen LogP contribution >= 0.6 is 11.3 Å². The first kappa shape index (κ1) is 21.1. The van der Waals surface area contributed by atoms with Crippen LogP contribution in [0.25, 0.3) is 0 Å². The van der Waals surface area contributed by atoms with Gasteiger partial charge in [-0.15, -0.1) is 11.3 Å². The van der Waals surface area contributed by atoms with Gasteiger partial charge in [0.25, 0.3) is 0 Å². The van der Waals surface area contributed by atoms with Crippen LogP contribution < -0.4 is 4.72 Å². The van der Waals surface area contributed by atoms with Gasteiger partial charge in [-0.25, -0.2) is 13.4 Å². The van der Waals surface area contributed by atoms with Gasteiger partial charge in [-0.1, -0.05) is 0 Å². The molecule has 0 bridgehead atoms. The zero-order valence-corrected chi connectivity index (χ0v) is 14.3. The van der Waals surface area contributed by atoms with Gasteiger partial charge in [0, 0.05) is 5.38 Å². The van der Waals surface area contributed by atoms with Crippen molar-refractivity contribution in [3.8, 4) is 0 Å². The molecule has 0 saturated heterocycles. The first-order chi connectivity index (χ1) is 12.2. The Morgan fingerprint density at radius 1 is 1.15 bits per heavy atom. The molecule has 0 aliphatic carbocycles. The predicted molar refractivity (Wildman–Crippen MR) is 79.3 cm³/mol. The van der Waals surface area contributed by atoms with Crippen molar-refractivity contribution in [3.05, 3.63) is 45.9 Å². The van der Waals surface area contributed by atoms with E-state index in [1.54, 1.807) is 0 Å². The molecule has 1 atom stereocenters. The van der Waals surface area contributed by atoms with Crippen LogP contribution in [0.2, 0.25) is 0 Å². The van der Waals surface area contributed by atoms with Crippen LogP contribution in [-0.4, -0.2) is 24.5 Å². The molecule has 1 heterocycles. The molecule has 6 nitrogen and oxygen atoms in total. The van der Waals surface area contributed by atoms with Crippen molar-refractivity contribution in [1.29, 1.82) is 0 Å². The van der Waals surface area contributed by atoms with Gasteiger partial charge in [0.2, 0.25) is 10.0 Å². The third-order valence-electron chi connectivity index (χ3n) is 3.17. The van der Waals surface area contributed by atoms with E-state index in [4.69, 9.17) is 5.11 Å². The van der Waals surface area contributed by atoms with Crippen molar-refractivity contribution in [2.24, 2.45) is 0 Å². The Morgan fingerprint density at radius 3 is 2.22 bits per heavy atom. The number of hydrogen-bond acceptors (Lipinski definition) is 5. The van der Waals surface area contributed by atoms with E-state index in [0.29, 0.717) is 0 Å². The monoisotopic (exact) mass is 434 g/mol. The number of hydrogen-bond donors (Lipinski definition) is 2. The molecule has 0 aliphatic rings. The molecule has 2 N–H and O–H groups in total. The number of carboxylic acid groups (broad SMARTS) is 1. The second-order valence-corrected chi connectivity index (χ2v) is 7.41. The molecule has 0 aliphatic heterocycles. The lowest BCUT2D eigenvalue weighted by Gasteiger charge is -2.18. The number of benzene rings is 1. The van der Waals surface area contributed by atoms with Gasteiger partial charge in [0.05, 0.1) is 27.2 Å². The number of thiazole rings is 1. The Labute approximate surface area is 151 Å². The maximum absolute atomic E-state index is 13.1. The van der Waals surface area contributed by atoms with Crippen LogP contribution in [-0.2, 0) is 27.2 Å². The van der Waals surface area contributed by atoms with Crippen LogP contribution in [0.4, 0.5) is 26.3 Å². The minimum atomic E-state index is -5.44. The molecular formula is C13H8F6N2O4S2. The van der Waals surface area contributed by atoms with Gasteiger partial charge in [-0.2, -0.15) is 31.1 Å². The molecule has 1 aromatic carbocycles. The number of sulfonamides is 1. The number of nitrogens with one attached hydrogen (secondary N) is 1. The molecule has 27 heavy (non-hydrogen) atoms. The molecule has 14 heteroatoms. The Morgan fingerprint density at radius 2 is 1.78 bits per heavy atom. The molecule has 1 aromatic heterocycles. The number of carboxylic acids is 1. The largest absolute Gasteiger partial charge is 0.480 e. The predicted octanol–water partition coefficient (Wildman–Crippen LogP) is 3.28. The number of aromatic nitrogens is 1. The van der Waals surface area contributed by atoms with Crippen molar-refractivity contribution < 1.29 is 44.7 Å². The van der Waals surface area contributed by atoms with Crippen molar-refractivity contribution in [3.63, 3.8) is 0 Å². The summed E-state index contributed by atoms with van der Waals surface area (Å²) in [5.74, 6) is -1.76. The fraction of sp³-hybridized carbons (Fsp3) is 0.231. The van der Waals surface area contributed by atoms with E-state index < -0.39 is 50.4 Å².